The molecule has 0 atom stereocenters. The van der Waals surface area contributed by atoms with E-state index >= 15 is 0 Å². The van der Waals surface area contributed by atoms with Crippen molar-refractivity contribution in [2.45, 2.75) is 23.8 Å². The quantitative estimate of drug-likeness (QED) is 0.238. The molecule has 2 heterocycles. The molecule has 1 aromatic heterocycles. The number of hydrogen-bond acceptors (Lipinski definition) is 5. The number of hydrogen-bond donors (Lipinski definition) is 0. The summed E-state index contributed by atoms with van der Waals surface area (Å²) in [6.07, 6.45) is 1.75. The maximum atomic E-state index is 12.6. The number of pyridine rings is 1. The summed E-state index contributed by atoms with van der Waals surface area (Å²) >= 11 is 7.56. The van der Waals surface area contributed by atoms with Crippen molar-refractivity contribution in [3.63, 3.8) is 0 Å². The highest BCUT2D eigenvalue weighted by atomic mass is 35.5. The van der Waals surface area contributed by atoms with Gasteiger partial charge in [-0.1, -0.05) is 59.3 Å². The zero-order valence-electron chi connectivity index (χ0n) is 18.0. The van der Waals surface area contributed by atoms with Gasteiger partial charge in [-0.25, -0.2) is 14.8 Å². The van der Waals surface area contributed by atoms with Crippen LogP contribution in [0.2, 0.25) is 5.02 Å². The standard InChI is InChI=1S/C27H19ClN2O2S/c1-16-6-8-18(9-7-16)25-29-23(27(31)32-25)15-20-14-19-5-3-4-17(2)24(19)30-26(20)33-22-12-10-21(28)11-13-22/h3-15H,1-2H3. The van der Waals surface area contributed by atoms with Gasteiger partial charge in [0.15, 0.2) is 5.70 Å². The van der Waals surface area contributed by atoms with Gasteiger partial charge in [0, 0.05) is 26.4 Å². The average Bonchev–Trinajstić information content (AvgIpc) is 3.17. The number of carbonyl (C=O) groups excluding carboxylic acids is 1. The minimum absolute atomic E-state index is 0.248. The summed E-state index contributed by atoms with van der Waals surface area (Å²) in [6, 6.07) is 23.4. The zero-order valence-corrected chi connectivity index (χ0v) is 19.6. The Morgan fingerprint density at radius 3 is 2.48 bits per heavy atom. The summed E-state index contributed by atoms with van der Waals surface area (Å²) in [5.41, 5.74) is 4.95. The van der Waals surface area contributed by atoms with Gasteiger partial charge in [-0.3, -0.25) is 0 Å². The number of rotatable bonds is 4. The highest BCUT2D eigenvalue weighted by molar-refractivity contribution is 7.99. The fourth-order valence-electron chi connectivity index (χ4n) is 3.52. The summed E-state index contributed by atoms with van der Waals surface area (Å²) in [5.74, 6) is -0.167. The lowest BCUT2D eigenvalue weighted by atomic mass is 10.1. The first-order valence-corrected chi connectivity index (χ1v) is 11.6. The number of aliphatic imine (C=N–C) groups is 1. The highest BCUT2D eigenvalue weighted by Crippen LogP contribution is 2.34. The maximum absolute atomic E-state index is 12.6. The number of aryl methyl sites for hydroxylation is 2. The molecule has 6 heteroatoms. The normalized spacial score (nSPS) is 14.6. The molecule has 0 amide bonds. The average molecular weight is 471 g/mol. The second kappa shape index (κ2) is 8.85. The number of nitrogens with zero attached hydrogens (tertiary/aromatic N) is 2. The van der Waals surface area contributed by atoms with E-state index in [1.807, 2.05) is 86.6 Å². The van der Waals surface area contributed by atoms with Crippen molar-refractivity contribution in [1.29, 1.82) is 0 Å². The number of aromatic nitrogens is 1. The number of para-hydroxylation sites is 1. The van der Waals surface area contributed by atoms with E-state index in [4.69, 9.17) is 21.3 Å². The van der Waals surface area contributed by atoms with Crippen molar-refractivity contribution in [3.8, 4) is 0 Å². The van der Waals surface area contributed by atoms with E-state index in [0.717, 1.165) is 43.1 Å². The molecule has 0 saturated carbocycles. The van der Waals surface area contributed by atoms with Crippen LogP contribution < -0.4 is 0 Å². The molecular weight excluding hydrogens is 452 g/mol. The number of esters is 1. The van der Waals surface area contributed by atoms with Crippen LogP contribution >= 0.6 is 23.4 Å². The van der Waals surface area contributed by atoms with Gasteiger partial charge in [0.05, 0.1) is 5.52 Å². The van der Waals surface area contributed by atoms with Crippen molar-refractivity contribution in [1.82, 2.24) is 4.98 Å². The third kappa shape index (κ3) is 4.56. The molecule has 3 aromatic carbocycles. The van der Waals surface area contributed by atoms with Gasteiger partial charge < -0.3 is 4.74 Å². The molecule has 0 fully saturated rings. The minimum atomic E-state index is -0.475. The third-order valence-corrected chi connectivity index (χ3v) is 6.56. The van der Waals surface area contributed by atoms with Gasteiger partial charge in [-0.2, -0.15) is 0 Å². The molecule has 0 bridgehead atoms. The Balaban J connectivity index is 1.60. The van der Waals surface area contributed by atoms with Crippen molar-refractivity contribution in [3.05, 3.63) is 106 Å². The zero-order chi connectivity index (χ0) is 22.9. The van der Waals surface area contributed by atoms with Crippen molar-refractivity contribution >= 4 is 52.2 Å². The van der Waals surface area contributed by atoms with Crippen LogP contribution in [0.5, 0.6) is 0 Å². The lowest BCUT2D eigenvalue weighted by molar-refractivity contribution is -0.129. The molecule has 162 valence electrons. The Morgan fingerprint density at radius 2 is 1.73 bits per heavy atom. The molecule has 33 heavy (non-hydrogen) atoms. The lowest BCUT2D eigenvalue weighted by Crippen LogP contribution is -2.05. The first-order valence-electron chi connectivity index (χ1n) is 10.4. The smallest absolute Gasteiger partial charge is 0.363 e. The Kier molecular flexibility index (Phi) is 5.75. The Morgan fingerprint density at radius 1 is 0.970 bits per heavy atom. The van der Waals surface area contributed by atoms with Crippen molar-refractivity contribution in [2.24, 2.45) is 4.99 Å². The van der Waals surface area contributed by atoms with E-state index in [1.165, 1.54) is 11.8 Å². The number of benzene rings is 3. The van der Waals surface area contributed by atoms with Crippen LogP contribution in [0, 0.1) is 13.8 Å². The second-order valence-corrected chi connectivity index (χ2v) is 9.29. The number of cyclic esters (lactones) is 1. The Labute approximate surface area is 201 Å². The molecule has 0 spiro atoms. The second-order valence-electron chi connectivity index (χ2n) is 7.79. The predicted molar refractivity (Wildman–Crippen MR) is 134 cm³/mol. The van der Waals surface area contributed by atoms with Crippen LogP contribution in [0.1, 0.15) is 22.3 Å². The van der Waals surface area contributed by atoms with Crippen LogP contribution in [0.3, 0.4) is 0 Å². The molecule has 0 N–H and O–H groups in total. The molecule has 0 radical (unpaired) electrons. The molecule has 0 saturated heterocycles. The van der Waals surface area contributed by atoms with Gasteiger partial charge in [-0.15, -0.1) is 0 Å². The molecule has 5 rings (SSSR count). The lowest BCUT2D eigenvalue weighted by Gasteiger charge is -2.09. The summed E-state index contributed by atoms with van der Waals surface area (Å²) in [5, 5.41) is 2.45. The van der Waals surface area contributed by atoms with Gasteiger partial charge in [0.1, 0.15) is 5.03 Å². The molecule has 4 nitrogen and oxygen atoms in total. The van der Waals surface area contributed by atoms with Gasteiger partial charge >= 0.3 is 5.97 Å². The third-order valence-electron chi connectivity index (χ3n) is 5.28. The van der Waals surface area contributed by atoms with Crippen LogP contribution in [-0.2, 0) is 9.53 Å². The predicted octanol–water partition coefficient (Wildman–Crippen LogP) is 7.00. The maximum Gasteiger partial charge on any atom is 0.363 e. The van der Waals surface area contributed by atoms with E-state index in [0.29, 0.717) is 10.9 Å². The van der Waals surface area contributed by atoms with Crippen molar-refractivity contribution < 1.29 is 9.53 Å². The monoisotopic (exact) mass is 470 g/mol. The number of ether oxygens (including phenoxy) is 1. The number of fused-ring (bicyclic) bond motifs is 1. The van der Waals surface area contributed by atoms with Crippen LogP contribution in [0.15, 0.2) is 93.4 Å². The fraction of sp³-hybridized carbons (Fsp3) is 0.0741. The molecule has 4 aromatic rings. The first-order chi connectivity index (χ1) is 16.0. The van der Waals surface area contributed by atoms with Crippen LogP contribution in [-0.4, -0.2) is 16.9 Å². The molecule has 1 aliphatic heterocycles. The number of carbonyl (C=O) groups is 1. The topological polar surface area (TPSA) is 51.5 Å². The van der Waals surface area contributed by atoms with Gasteiger partial charge in [-0.05, 0) is 68.0 Å². The summed E-state index contributed by atoms with van der Waals surface area (Å²) in [7, 11) is 0. The summed E-state index contributed by atoms with van der Waals surface area (Å²) < 4.78 is 5.45. The van der Waals surface area contributed by atoms with E-state index in [2.05, 4.69) is 4.99 Å². The van der Waals surface area contributed by atoms with E-state index in [1.54, 1.807) is 6.08 Å². The van der Waals surface area contributed by atoms with Gasteiger partial charge in [0.25, 0.3) is 0 Å². The minimum Gasteiger partial charge on any atom is -0.402 e. The summed E-state index contributed by atoms with van der Waals surface area (Å²) in [6.45, 7) is 4.04. The molecule has 0 unspecified atom stereocenters. The van der Waals surface area contributed by atoms with Crippen molar-refractivity contribution in [2.75, 3.05) is 0 Å². The molecule has 0 aliphatic carbocycles. The molecule has 1 aliphatic rings. The number of halogens is 1. The largest absolute Gasteiger partial charge is 0.402 e. The van der Waals surface area contributed by atoms with E-state index in [9.17, 15) is 4.79 Å². The van der Waals surface area contributed by atoms with Crippen LogP contribution in [0.25, 0.3) is 17.0 Å². The van der Waals surface area contributed by atoms with Crippen LogP contribution in [0.4, 0.5) is 0 Å². The summed E-state index contributed by atoms with van der Waals surface area (Å²) in [4.78, 5) is 23.0. The fourth-order valence-corrected chi connectivity index (χ4v) is 4.52. The van der Waals surface area contributed by atoms with Gasteiger partial charge in [0.2, 0.25) is 5.90 Å². The SMILES string of the molecule is Cc1ccc(C2=NC(=Cc3cc4cccc(C)c4nc3Sc3ccc(Cl)cc3)C(=O)O2)cc1. The Hall–Kier alpha value is -3.41. The highest BCUT2D eigenvalue weighted by Gasteiger charge is 2.25. The molecular formula is C27H19ClN2O2S. The van der Waals surface area contributed by atoms with E-state index in [-0.39, 0.29) is 5.70 Å². The first kappa shape index (κ1) is 21.4. The van der Waals surface area contributed by atoms with E-state index < -0.39 is 5.97 Å². The Bertz CT molecular complexity index is 1440.